The van der Waals surface area contributed by atoms with Crippen molar-refractivity contribution in [3.8, 4) is 5.75 Å². The number of halogens is 2. The first kappa shape index (κ1) is 23.5. The highest BCUT2D eigenvalue weighted by Crippen LogP contribution is 2.49. The molecule has 1 fully saturated rings. The summed E-state index contributed by atoms with van der Waals surface area (Å²) in [6.07, 6.45) is 2.51. The number of hydrazone groups is 1. The molecule has 10 heteroatoms. The number of fused-ring (bicyclic) bond motifs is 1. The Kier molecular flexibility index (Phi) is 5.66. The summed E-state index contributed by atoms with van der Waals surface area (Å²) in [5, 5.41) is 6.79. The van der Waals surface area contributed by atoms with Gasteiger partial charge in [-0.1, -0.05) is 35.9 Å². The number of benzene rings is 2. The molecule has 1 amide bonds. The van der Waals surface area contributed by atoms with Gasteiger partial charge in [-0.2, -0.15) is 0 Å². The minimum Gasteiger partial charge on any atom is -0.497 e. The monoisotopic (exact) mass is 533 g/mol. The quantitative estimate of drug-likeness (QED) is 0.195. The molecule has 8 nitrogen and oxygen atoms in total. The van der Waals surface area contributed by atoms with E-state index in [-0.39, 0.29) is 11.1 Å². The summed E-state index contributed by atoms with van der Waals surface area (Å²) in [5.41, 5.74) is 1.61. The molecule has 0 N–H and O–H groups in total. The third kappa shape index (κ3) is 3.67. The molecule has 0 aliphatic carbocycles. The van der Waals surface area contributed by atoms with Crippen molar-refractivity contribution in [2.45, 2.75) is 24.2 Å². The van der Waals surface area contributed by atoms with Gasteiger partial charge in [-0.15, -0.1) is 16.7 Å². The number of carbonyl (C=O) groups excluding carboxylic acids is 1. The van der Waals surface area contributed by atoms with Crippen LogP contribution in [0, 0.1) is 0 Å². The maximum atomic E-state index is 13.2. The van der Waals surface area contributed by atoms with E-state index in [0.717, 1.165) is 16.5 Å². The molecule has 2 aliphatic heterocycles. The number of anilines is 1. The minimum absolute atomic E-state index is 0.258. The number of aromatic nitrogens is 2. The number of β-lactam (4-membered cyclic amide) rings is 1. The standard InChI is InChI=1S/C27H21Cl2N5O3/c1-27(22(28)25(35)33(27)18-7-5-8-19(15-18)36-2)34-26(37-24(32-34)16-10-12-30-13-11-16)20-14-17-6-3-4-9-21(17)31-23(20)29/h3-15,22,26H,1-2H3. The van der Waals surface area contributed by atoms with Crippen LogP contribution < -0.4 is 9.64 Å². The van der Waals surface area contributed by atoms with E-state index in [4.69, 9.17) is 37.8 Å². The fourth-order valence-corrected chi connectivity index (χ4v) is 5.27. The molecule has 1 saturated heterocycles. The summed E-state index contributed by atoms with van der Waals surface area (Å²) in [7, 11) is 1.57. The highest BCUT2D eigenvalue weighted by atomic mass is 35.5. The fourth-order valence-electron chi connectivity index (χ4n) is 4.74. The second-order valence-electron chi connectivity index (χ2n) is 8.85. The van der Waals surface area contributed by atoms with Crippen molar-refractivity contribution in [2.24, 2.45) is 5.10 Å². The smallest absolute Gasteiger partial charge is 0.251 e. The van der Waals surface area contributed by atoms with Crippen molar-refractivity contribution in [1.29, 1.82) is 0 Å². The van der Waals surface area contributed by atoms with Gasteiger partial charge in [0.15, 0.2) is 11.0 Å². The molecule has 0 radical (unpaired) electrons. The number of methoxy groups -OCH3 is 1. The van der Waals surface area contributed by atoms with Crippen LogP contribution in [-0.4, -0.2) is 44.9 Å². The number of pyridine rings is 2. The first-order valence-corrected chi connectivity index (χ1v) is 12.4. The zero-order chi connectivity index (χ0) is 25.7. The first-order valence-electron chi connectivity index (χ1n) is 11.5. The number of rotatable bonds is 5. The number of carbonyl (C=O) groups is 1. The van der Waals surface area contributed by atoms with Crippen molar-refractivity contribution in [1.82, 2.24) is 15.0 Å². The summed E-state index contributed by atoms with van der Waals surface area (Å²) in [4.78, 5) is 23.4. The van der Waals surface area contributed by atoms with Crippen molar-refractivity contribution in [3.63, 3.8) is 0 Å². The van der Waals surface area contributed by atoms with Crippen LogP contribution in [0.3, 0.4) is 0 Å². The Hall–Kier alpha value is -3.88. The molecule has 0 bridgehead atoms. The van der Waals surface area contributed by atoms with Crippen molar-refractivity contribution < 1.29 is 14.3 Å². The normalized spacial score (nSPS) is 23.0. The van der Waals surface area contributed by atoms with Crippen LogP contribution in [0.5, 0.6) is 5.75 Å². The van der Waals surface area contributed by atoms with Gasteiger partial charge in [0.2, 0.25) is 12.1 Å². The van der Waals surface area contributed by atoms with E-state index in [1.807, 2.05) is 55.5 Å². The lowest BCUT2D eigenvalue weighted by atomic mass is 9.91. The third-order valence-electron chi connectivity index (χ3n) is 6.69. The number of hydrogen-bond acceptors (Lipinski definition) is 7. The number of amides is 1. The van der Waals surface area contributed by atoms with Crippen LogP contribution >= 0.6 is 23.2 Å². The Morgan fingerprint density at radius 1 is 1.05 bits per heavy atom. The van der Waals surface area contributed by atoms with Crippen LogP contribution in [0.2, 0.25) is 5.15 Å². The van der Waals surface area contributed by atoms with Gasteiger partial charge >= 0.3 is 0 Å². The van der Waals surface area contributed by atoms with E-state index in [1.54, 1.807) is 47.6 Å². The Morgan fingerprint density at radius 3 is 2.62 bits per heavy atom. The predicted octanol–water partition coefficient (Wildman–Crippen LogP) is 5.35. The molecule has 2 aromatic heterocycles. The van der Waals surface area contributed by atoms with E-state index in [9.17, 15) is 4.79 Å². The average Bonchev–Trinajstić information content (AvgIpc) is 3.38. The van der Waals surface area contributed by atoms with Gasteiger partial charge in [0, 0.05) is 35.1 Å². The lowest BCUT2D eigenvalue weighted by Gasteiger charge is -2.56. The highest BCUT2D eigenvalue weighted by molar-refractivity contribution is 6.38. The topological polar surface area (TPSA) is 80.2 Å². The maximum Gasteiger partial charge on any atom is 0.251 e. The molecule has 6 rings (SSSR count). The second-order valence-corrected chi connectivity index (χ2v) is 9.64. The van der Waals surface area contributed by atoms with Crippen LogP contribution in [0.25, 0.3) is 10.9 Å². The van der Waals surface area contributed by atoms with Gasteiger partial charge in [-0.25, -0.2) is 9.99 Å². The summed E-state index contributed by atoms with van der Waals surface area (Å²) >= 11 is 13.4. The Labute approximate surface area is 223 Å². The highest BCUT2D eigenvalue weighted by Gasteiger charge is 2.64. The fraction of sp³-hybridized carbons (Fsp3) is 0.185. The Morgan fingerprint density at radius 2 is 1.84 bits per heavy atom. The molecule has 186 valence electrons. The molecular formula is C27H21Cl2N5O3. The molecule has 0 spiro atoms. The summed E-state index contributed by atoms with van der Waals surface area (Å²) < 4.78 is 11.8. The summed E-state index contributed by atoms with van der Waals surface area (Å²) in [6.45, 7) is 1.85. The number of para-hydroxylation sites is 1. The molecule has 0 saturated carbocycles. The van der Waals surface area contributed by atoms with Gasteiger partial charge < -0.3 is 9.47 Å². The van der Waals surface area contributed by atoms with E-state index in [0.29, 0.717) is 22.9 Å². The van der Waals surface area contributed by atoms with Crippen molar-refractivity contribution in [3.05, 3.63) is 95.4 Å². The molecule has 3 unspecified atom stereocenters. The number of alkyl halides is 1. The SMILES string of the molecule is COc1cccc(N2C(=O)C(Cl)C2(C)N2N=C(c3ccncc3)OC2c2cc3ccccc3nc2Cl)c1. The van der Waals surface area contributed by atoms with Crippen LogP contribution in [-0.2, 0) is 9.53 Å². The third-order valence-corrected chi connectivity index (χ3v) is 7.59. The van der Waals surface area contributed by atoms with Gasteiger partial charge in [-0.05, 0) is 43.3 Å². The van der Waals surface area contributed by atoms with Gasteiger partial charge in [0.25, 0.3) is 5.91 Å². The summed E-state index contributed by atoms with van der Waals surface area (Å²) in [5.74, 6) is 0.709. The van der Waals surface area contributed by atoms with Crippen molar-refractivity contribution in [2.75, 3.05) is 12.0 Å². The minimum atomic E-state index is -1.10. The van der Waals surface area contributed by atoms with Crippen LogP contribution in [0.15, 0.2) is 84.2 Å². The largest absolute Gasteiger partial charge is 0.497 e. The molecule has 3 atom stereocenters. The molecule has 37 heavy (non-hydrogen) atoms. The summed E-state index contributed by atoms with van der Waals surface area (Å²) in [6, 6.07) is 20.4. The maximum absolute atomic E-state index is 13.2. The van der Waals surface area contributed by atoms with Crippen molar-refractivity contribution >= 4 is 51.6 Å². The van der Waals surface area contributed by atoms with Gasteiger partial charge in [0.05, 0.1) is 18.2 Å². The van der Waals surface area contributed by atoms with Crippen LogP contribution in [0.1, 0.15) is 24.3 Å². The molecule has 4 aromatic rings. The molecular weight excluding hydrogens is 513 g/mol. The van der Waals surface area contributed by atoms with Gasteiger partial charge in [-0.3, -0.25) is 14.7 Å². The number of hydrogen-bond donors (Lipinski definition) is 0. The van der Waals surface area contributed by atoms with E-state index < -0.39 is 17.3 Å². The molecule has 2 aromatic carbocycles. The zero-order valence-corrected chi connectivity index (χ0v) is 21.4. The lowest BCUT2D eigenvalue weighted by Crippen LogP contribution is -2.77. The Balaban J connectivity index is 1.50. The second kappa shape index (κ2) is 8.90. The Bertz CT molecular complexity index is 1550. The zero-order valence-electron chi connectivity index (χ0n) is 19.9. The first-order chi connectivity index (χ1) is 17.9. The van der Waals surface area contributed by atoms with Crippen LogP contribution in [0.4, 0.5) is 5.69 Å². The van der Waals surface area contributed by atoms with E-state index >= 15 is 0 Å². The molecule has 4 heterocycles. The number of nitrogens with zero attached hydrogens (tertiary/aromatic N) is 5. The lowest BCUT2D eigenvalue weighted by molar-refractivity contribution is -0.138. The van der Waals surface area contributed by atoms with E-state index in [1.165, 1.54) is 0 Å². The molecule has 2 aliphatic rings. The van der Waals surface area contributed by atoms with Gasteiger partial charge in [0.1, 0.15) is 10.9 Å². The van der Waals surface area contributed by atoms with E-state index in [2.05, 4.69) is 9.97 Å². The average molecular weight is 534 g/mol. The number of ether oxygens (including phenoxy) is 2. The predicted molar refractivity (Wildman–Crippen MR) is 142 cm³/mol.